The van der Waals surface area contributed by atoms with Crippen LogP contribution in [0.1, 0.15) is 18.9 Å². The molecule has 0 aliphatic carbocycles. The summed E-state index contributed by atoms with van der Waals surface area (Å²) in [7, 11) is 0. The van der Waals surface area contributed by atoms with Crippen molar-refractivity contribution < 1.29 is 14.2 Å². The lowest BCUT2D eigenvalue weighted by Crippen LogP contribution is -2.53. The Bertz CT molecular complexity index is 653. The lowest BCUT2D eigenvalue weighted by molar-refractivity contribution is 0.139. The highest BCUT2D eigenvalue weighted by molar-refractivity contribution is 5.80. The minimum absolute atomic E-state index is 0.307. The van der Waals surface area contributed by atoms with Crippen LogP contribution in [0.25, 0.3) is 0 Å². The molecule has 1 unspecified atom stereocenters. The molecule has 0 amide bonds. The van der Waals surface area contributed by atoms with E-state index in [0.29, 0.717) is 19.3 Å². The summed E-state index contributed by atoms with van der Waals surface area (Å²) in [5, 5.41) is 3.44. The van der Waals surface area contributed by atoms with Crippen LogP contribution in [0.2, 0.25) is 0 Å². The smallest absolute Gasteiger partial charge is 0.231 e. The molecule has 27 heavy (non-hydrogen) atoms. The zero-order chi connectivity index (χ0) is 18.5. The lowest BCUT2D eigenvalue weighted by Gasteiger charge is -2.37. The van der Waals surface area contributed by atoms with Gasteiger partial charge in [-0.05, 0) is 37.0 Å². The highest BCUT2D eigenvalue weighted by Crippen LogP contribution is 2.32. The Labute approximate surface area is 161 Å². The molecule has 3 aliphatic rings. The topological polar surface area (TPSA) is 58.6 Å². The molecule has 3 heterocycles. The molecule has 0 spiro atoms. The van der Waals surface area contributed by atoms with E-state index in [-0.39, 0.29) is 0 Å². The number of benzene rings is 1. The zero-order valence-electron chi connectivity index (χ0n) is 16.2. The molecule has 0 bridgehead atoms. The molecule has 0 radical (unpaired) electrons. The van der Waals surface area contributed by atoms with Crippen LogP contribution in [0.5, 0.6) is 11.5 Å². The van der Waals surface area contributed by atoms with Crippen LogP contribution in [0.4, 0.5) is 0 Å². The number of aliphatic imine (C=N–C) groups is 1. The number of hydrogen-bond donors (Lipinski definition) is 1. The normalized spacial score (nSPS) is 23.1. The third-order valence-electron chi connectivity index (χ3n) is 5.40. The van der Waals surface area contributed by atoms with Gasteiger partial charge in [0.2, 0.25) is 6.79 Å². The van der Waals surface area contributed by atoms with Crippen molar-refractivity contribution in [1.29, 1.82) is 0 Å². The number of hydrogen-bond acceptors (Lipinski definition) is 5. The van der Waals surface area contributed by atoms with E-state index in [1.54, 1.807) is 0 Å². The van der Waals surface area contributed by atoms with Gasteiger partial charge in [0.05, 0.1) is 13.2 Å². The van der Waals surface area contributed by atoms with Crippen molar-refractivity contribution in [2.45, 2.75) is 19.9 Å². The van der Waals surface area contributed by atoms with Crippen molar-refractivity contribution in [1.82, 2.24) is 15.1 Å². The maximum atomic E-state index is 5.51. The molecule has 1 aromatic carbocycles. The summed E-state index contributed by atoms with van der Waals surface area (Å²) >= 11 is 0. The summed E-state index contributed by atoms with van der Waals surface area (Å²) < 4.78 is 16.4. The number of nitrogens with zero attached hydrogens (tertiary/aromatic N) is 3. The summed E-state index contributed by atoms with van der Waals surface area (Å²) in [4.78, 5) is 9.80. The molecular formula is C20H30N4O3. The van der Waals surface area contributed by atoms with Gasteiger partial charge in [0, 0.05) is 45.9 Å². The van der Waals surface area contributed by atoms with E-state index in [2.05, 4.69) is 28.1 Å². The summed E-state index contributed by atoms with van der Waals surface area (Å²) in [5.74, 6) is 3.35. The number of ether oxygens (including phenoxy) is 3. The molecule has 7 heteroatoms. The van der Waals surface area contributed by atoms with Gasteiger partial charge in [0.15, 0.2) is 17.5 Å². The minimum Gasteiger partial charge on any atom is -0.454 e. The maximum Gasteiger partial charge on any atom is 0.231 e. The second-order valence-corrected chi connectivity index (χ2v) is 7.38. The quantitative estimate of drug-likeness (QED) is 0.623. The van der Waals surface area contributed by atoms with Crippen LogP contribution < -0.4 is 14.8 Å². The average molecular weight is 374 g/mol. The summed E-state index contributed by atoms with van der Waals surface area (Å²) in [6.45, 7) is 11.2. The van der Waals surface area contributed by atoms with Crippen LogP contribution in [0.3, 0.4) is 0 Å². The van der Waals surface area contributed by atoms with Gasteiger partial charge in [-0.1, -0.05) is 6.07 Å². The van der Waals surface area contributed by atoms with E-state index in [1.807, 2.05) is 12.1 Å². The van der Waals surface area contributed by atoms with E-state index in [1.165, 1.54) is 13.0 Å². The summed E-state index contributed by atoms with van der Waals surface area (Å²) in [6.07, 6.45) is 1.21. The van der Waals surface area contributed by atoms with Crippen molar-refractivity contribution in [3.63, 3.8) is 0 Å². The fourth-order valence-electron chi connectivity index (χ4n) is 3.87. The third-order valence-corrected chi connectivity index (χ3v) is 5.40. The van der Waals surface area contributed by atoms with E-state index in [0.717, 1.165) is 69.0 Å². The fraction of sp³-hybridized carbons (Fsp3) is 0.650. The summed E-state index contributed by atoms with van der Waals surface area (Å²) in [5.41, 5.74) is 1.13. The first-order valence-electron chi connectivity index (χ1n) is 10.0. The van der Waals surface area contributed by atoms with Gasteiger partial charge in [0.25, 0.3) is 0 Å². The molecule has 3 aliphatic heterocycles. The molecule has 7 nitrogen and oxygen atoms in total. The maximum absolute atomic E-state index is 5.51. The molecular weight excluding hydrogens is 344 g/mol. The van der Waals surface area contributed by atoms with Gasteiger partial charge in [-0.2, -0.15) is 0 Å². The van der Waals surface area contributed by atoms with E-state index in [9.17, 15) is 0 Å². The summed E-state index contributed by atoms with van der Waals surface area (Å²) in [6, 6.07) is 6.05. The first-order chi connectivity index (χ1) is 13.3. The van der Waals surface area contributed by atoms with Gasteiger partial charge in [-0.15, -0.1) is 0 Å². The SMILES string of the molecule is CCNC(=NCc1ccc2c(c1)OCO2)N1CCN(CC2CCOC2)CC1. The number of rotatable bonds is 5. The Balaban J connectivity index is 1.32. The minimum atomic E-state index is 0.307. The second kappa shape index (κ2) is 8.80. The van der Waals surface area contributed by atoms with Gasteiger partial charge in [0.1, 0.15) is 0 Å². The largest absolute Gasteiger partial charge is 0.454 e. The highest BCUT2D eigenvalue weighted by Gasteiger charge is 2.24. The van der Waals surface area contributed by atoms with Gasteiger partial charge >= 0.3 is 0 Å². The number of fused-ring (bicyclic) bond motifs is 1. The highest BCUT2D eigenvalue weighted by atomic mass is 16.7. The predicted octanol–water partition coefficient (Wildman–Crippen LogP) is 1.53. The van der Waals surface area contributed by atoms with Crippen molar-refractivity contribution in [2.24, 2.45) is 10.9 Å². The van der Waals surface area contributed by atoms with Gasteiger partial charge in [-0.25, -0.2) is 4.99 Å². The van der Waals surface area contributed by atoms with Crippen LogP contribution >= 0.6 is 0 Å². The number of nitrogens with one attached hydrogen (secondary N) is 1. The van der Waals surface area contributed by atoms with Crippen LogP contribution in [0.15, 0.2) is 23.2 Å². The first-order valence-corrected chi connectivity index (χ1v) is 10.0. The number of guanidine groups is 1. The molecule has 2 saturated heterocycles. The van der Waals surface area contributed by atoms with Crippen LogP contribution in [-0.4, -0.2) is 75.0 Å². The van der Waals surface area contributed by atoms with Crippen molar-refractivity contribution >= 4 is 5.96 Å². The van der Waals surface area contributed by atoms with Crippen LogP contribution in [-0.2, 0) is 11.3 Å². The zero-order valence-corrected chi connectivity index (χ0v) is 16.2. The molecule has 1 aromatic rings. The second-order valence-electron chi connectivity index (χ2n) is 7.38. The monoisotopic (exact) mass is 374 g/mol. The van der Waals surface area contributed by atoms with Crippen molar-refractivity contribution in [2.75, 3.05) is 59.3 Å². The van der Waals surface area contributed by atoms with Crippen LogP contribution in [0, 0.1) is 5.92 Å². The molecule has 1 N–H and O–H groups in total. The van der Waals surface area contributed by atoms with E-state index < -0.39 is 0 Å². The molecule has 1 atom stereocenters. The Morgan fingerprint density at radius 2 is 2.04 bits per heavy atom. The first kappa shape index (κ1) is 18.4. The lowest BCUT2D eigenvalue weighted by atomic mass is 10.1. The third kappa shape index (κ3) is 4.65. The number of piperazine rings is 1. The van der Waals surface area contributed by atoms with E-state index in [4.69, 9.17) is 19.2 Å². The molecule has 2 fully saturated rings. The molecule has 4 rings (SSSR count). The fourth-order valence-corrected chi connectivity index (χ4v) is 3.87. The Morgan fingerprint density at radius 3 is 2.81 bits per heavy atom. The van der Waals surface area contributed by atoms with Gasteiger partial charge in [-0.3, -0.25) is 4.90 Å². The van der Waals surface area contributed by atoms with Crippen molar-refractivity contribution in [3.8, 4) is 11.5 Å². The Morgan fingerprint density at radius 1 is 1.19 bits per heavy atom. The van der Waals surface area contributed by atoms with Crippen molar-refractivity contribution in [3.05, 3.63) is 23.8 Å². The molecule has 148 valence electrons. The Hall–Kier alpha value is -1.99. The van der Waals surface area contributed by atoms with E-state index >= 15 is 0 Å². The predicted molar refractivity (Wildman–Crippen MR) is 104 cm³/mol. The average Bonchev–Trinajstić information content (AvgIpc) is 3.37. The Kier molecular flexibility index (Phi) is 5.99. The standard InChI is InChI=1S/C20H30N4O3/c1-2-21-20(22-12-16-3-4-18-19(11-16)27-15-26-18)24-8-6-23(7-9-24)13-17-5-10-25-14-17/h3-4,11,17H,2,5-10,12-15H2,1H3,(H,21,22). The molecule has 0 saturated carbocycles. The van der Waals surface area contributed by atoms with Gasteiger partial charge < -0.3 is 24.4 Å². The molecule has 0 aromatic heterocycles.